The van der Waals surface area contributed by atoms with Crippen LogP contribution in [0.5, 0.6) is 11.5 Å². The number of nitrogens with zero attached hydrogens (tertiary/aromatic N) is 2. The third-order valence-electron chi connectivity index (χ3n) is 8.38. The number of benzene rings is 2. The molecule has 7 rings (SSSR count). The number of rotatable bonds is 2. The van der Waals surface area contributed by atoms with E-state index >= 15 is 0 Å². The van der Waals surface area contributed by atoms with Gasteiger partial charge >= 0.3 is 0 Å². The third-order valence-corrected chi connectivity index (χ3v) is 8.38. The molecule has 1 saturated heterocycles. The molecular weight excluding hydrogens is 388 g/mol. The summed E-state index contributed by atoms with van der Waals surface area (Å²) in [5.41, 5.74) is 3.67. The summed E-state index contributed by atoms with van der Waals surface area (Å²) in [7, 11) is 0. The van der Waals surface area contributed by atoms with Crippen LogP contribution in [0.3, 0.4) is 0 Å². The standard InChI is InChI=1S/C26H26N2O3/c1-2-10-28-11-9-25-21-16-7-8-19(29)23(21)31-24(25)22-17(14-26(25,30)20(28)13-16)12-15-5-3-4-6-18(15)27-22/h3-8,12,20,24,29-30H,2,9-11,13-14H2,1H3/t20-,24+,25+,26-/m1/s1. The molecule has 158 valence electrons. The van der Waals surface area contributed by atoms with Crippen LogP contribution in [0, 0.1) is 0 Å². The molecule has 2 aliphatic carbocycles. The Hall–Kier alpha value is -2.63. The monoisotopic (exact) mass is 414 g/mol. The fourth-order valence-electron chi connectivity index (χ4n) is 7.19. The highest BCUT2D eigenvalue weighted by Gasteiger charge is 2.72. The Bertz CT molecular complexity index is 1260. The Balaban J connectivity index is 1.54. The van der Waals surface area contributed by atoms with Gasteiger partial charge in [0.25, 0.3) is 0 Å². The molecule has 5 nitrogen and oxygen atoms in total. The lowest BCUT2D eigenvalue weighted by molar-refractivity contribution is -0.172. The van der Waals surface area contributed by atoms with E-state index in [1.165, 1.54) is 5.56 Å². The summed E-state index contributed by atoms with van der Waals surface area (Å²) in [6.07, 6.45) is 2.85. The molecular formula is C26H26N2O3. The zero-order valence-corrected chi connectivity index (χ0v) is 17.6. The number of phenolic OH excluding ortho intramolecular Hbond substituents is 1. The summed E-state index contributed by atoms with van der Waals surface area (Å²) < 4.78 is 6.55. The molecule has 1 aromatic heterocycles. The normalized spacial score (nSPS) is 32.5. The third kappa shape index (κ3) is 1.98. The van der Waals surface area contributed by atoms with E-state index in [1.807, 2.05) is 24.3 Å². The molecule has 2 aromatic carbocycles. The van der Waals surface area contributed by atoms with Gasteiger partial charge in [0.05, 0.1) is 22.2 Å². The van der Waals surface area contributed by atoms with E-state index in [2.05, 4.69) is 24.0 Å². The number of pyridine rings is 1. The number of hydrogen-bond acceptors (Lipinski definition) is 5. The lowest BCUT2D eigenvalue weighted by Crippen LogP contribution is -2.74. The van der Waals surface area contributed by atoms with Crippen molar-refractivity contribution >= 4 is 10.9 Å². The second kappa shape index (κ2) is 5.78. The van der Waals surface area contributed by atoms with E-state index in [0.717, 1.165) is 60.1 Å². The van der Waals surface area contributed by atoms with Crippen molar-refractivity contribution in [3.8, 4) is 11.5 Å². The van der Waals surface area contributed by atoms with Crippen LogP contribution in [-0.4, -0.2) is 44.8 Å². The van der Waals surface area contributed by atoms with E-state index in [4.69, 9.17) is 9.72 Å². The van der Waals surface area contributed by atoms with Gasteiger partial charge in [0.2, 0.25) is 0 Å². The van der Waals surface area contributed by atoms with Crippen LogP contribution in [0.4, 0.5) is 0 Å². The van der Waals surface area contributed by atoms with Gasteiger partial charge in [0.15, 0.2) is 17.6 Å². The van der Waals surface area contributed by atoms with Crippen molar-refractivity contribution in [2.45, 2.75) is 55.8 Å². The number of aromatic nitrogens is 1. The van der Waals surface area contributed by atoms with Gasteiger partial charge < -0.3 is 14.9 Å². The molecule has 5 heteroatoms. The smallest absolute Gasteiger partial charge is 0.166 e. The van der Waals surface area contributed by atoms with Gasteiger partial charge in [0, 0.05) is 23.4 Å². The first-order valence-corrected chi connectivity index (χ1v) is 11.4. The summed E-state index contributed by atoms with van der Waals surface area (Å²) in [6, 6.07) is 14.2. The number of fused-ring (bicyclic) bond motifs is 3. The minimum atomic E-state index is -0.950. The maximum atomic E-state index is 12.6. The van der Waals surface area contributed by atoms with Gasteiger partial charge in [-0.05, 0) is 61.7 Å². The molecule has 0 saturated carbocycles. The molecule has 0 radical (unpaired) electrons. The van der Waals surface area contributed by atoms with E-state index in [-0.39, 0.29) is 17.9 Å². The summed E-state index contributed by atoms with van der Waals surface area (Å²) in [4.78, 5) is 7.54. The lowest BCUT2D eigenvalue weighted by Gasteiger charge is -2.62. The van der Waals surface area contributed by atoms with Gasteiger partial charge in [-0.3, -0.25) is 4.90 Å². The molecule has 1 fully saturated rings. The van der Waals surface area contributed by atoms with Crippen molar-refractivity contribution in [3.63, 3.8) is 0 Å². The first-order valence-electron chi connectivity index (χ1n) is 11.4. The Kier molecular flexibility index (Phi) is 3.36. The molecule has 0 amide bonds. The fourth-order valence-corrected chi connectivity index (χ4v) is 7.19. The summed E-state index contributed by atoms with van der Waals surface area (Å²) in [5.74, 6) is 0.729. The molecule has 2 N–H and O–H groups in total. The van der Waals surface area contributed by atoms with Crippen LogP contribution < -0.4 is 4.74 Å². The molecule has 1 spiro atoms. The number of para-hydroxylation sites is 1. The quantitative estimate of drug-likeness (QED) is 0.670. The molecule has 4 atom stereocenters. The zero-order valence-electron chi connectivity index (χ0n) is 17.6. The first-order chi connectivity index (χ1) is 15.1. The van der Waals surface area contributed by atoms with E-state index in [1.54, 1.807) is 6.07 Å². The van der Waals surface area contributed by atoms with E-state index in [0.29, 0.717) is 12.2 Å². The lowest BCUT2D eigenvalue weighted by atomic mass is 9.49. The fraction of sp³-hybridized carbons (Fsp3) is 0.423. The van der Waals surface area contributed by atoms with Crippen molar-refractivity contribution < 1.29 is 14.9 Å². The zero-order chi connectivity index (χ0) is 21.0. The molecule has 4 aliphatic rings. The second-order valence-corrected chi connectivity index (χ2v) is 9.75. The number of ether oxygens (including phenoxy) is 1. The summed E-state index contributed by atoms with van der Waals surface area (Å²) in [6.45, 7) is 4.12. The number of aliphatic hydroxyl groups is 1. The molecule has 0 unspecified atom stereocenters. The number of likely N-dealkylation sites (tertiary alicyclic amines) is 1. The van der Waals surface area contributed by atoms with Crippen molar-refractivity contribution in [2.75, 3.05) is 13.1 Å². The minimum Gasteiger partial charge on any atom is -0.504 e. The molecule has 2 bridgehead atoms. The molecule has 31 heavy (non-hydrogen) atoms. The van der Waals surface area contributed by atoms with Crippen molar-refractivity contribution in [1.29, 1.82) is 0 Å². The van der Waals surface area contributed by atoms with Crippen LogP contribution in [0.2, 0.25) is 0 Å². The Morgan fingerprint density at radius 3 is 2.94 bits per heavy atom. The number of phenols is 1. The van der Waals surface area contributed by atoms with Crippen LogP contribution in [0.1, 0.15) is 48.3 Å². The highest BCUT2D eigenvalue weighted by Crippen LogP contribution is 2.68. The van der Waals surface area contributed by atoms with Gasteiger partial charge in [-0.2, -0.15) is 0 Å². The topological polar surface area (TPSA) is 65.8 Å². The Morgan fingerprint density at radius 2 is 2.06 bits per heavy atom. The van der Waals surface area contributed by atoms with E-state index < -0.39 is 11.0 Å². The van der Waals surface area contributed by atoms with Crippen LogP contribution in [0.15, 0.2) is 42.5 Å². The number of piperidine rings is 1. The molecule has 3 aromatic rings. The summed E-state index contributed by atoms with van der Waals surface area (Å²) >= 11 is 0. The molecule has 2 aliphatic heterocycles. The minimum absolute atomic E-state index is 0.0370. The van der Waals surface area contributed by atoms with Crippen LogP contribution >= 0.6 is 0 Å². The largest absolute Gasteiger partial charge is 0.504 e. The number of aromatic hydroxyl groups is 1. The Morgan fingerprint density at radius 1 is 1.19 bits per heavy atom. The van der Waals surface area contributed by atoms with Gasteiger partial charge in [0.1, 0.15) is 0 Å². The van der Waals surface area contributed by atoms with Crippen LogP contribution in [0.25, 0.3) is 10.9 Å². The van der Waals surface area contributed by atoms with E-state index in [9.17, 15) is 10.2 Å². The summed E-state index contributed by atoms with van der Waals surface area (Å²) in [5, 5.41) is 24.4. The van der Waals surface area contributed by atoms with Crippen molar-refractivity contribution in [3.05, 3.63) is 64.8 Å². The van der Waals surface area contributed by atoms with Gasteiger partial charge in [-0.15, -0.1) is 0 Å². The van der Waals surface area contributed by atoms with Crippen molar-refractivity contribution in [1.82, 2.24) is 9.88 Å². The first kappa shape index (κ1) is 18.0. The molecule has 3 heterocycles. The average molecular weight is 415 g/mol. The van der Waals surface area contributed by atoms with Gasteiger partial charge in [-0.25, -0.2) is 4.98 Å². The average Bonchev–Trinajstić information content (AvgIpc) is 3.12. The highest BCUT2D eigenvalue weighted by atomic mass is 16.5. The Labute approximate surface area is 181 Å². The number of hydrogen-bond donors (Lipinski definition) is 2. The predicted molar refractivity (Wildman–Crippen MR) is 118 cm³/mol. The predicted octanol–water partition coefficient (Wildman–Crippen LogP) is 3.64. The second-order valence-electron chi connectivity index (χ2n) is 9.75. The highest BCUT2D eigenvalue weighted by molar-refractivity contribution is 5.80. The van der Waals surface area contributed by atoms with Gasteiger partial charge in [-0.1, -0.05) is 31.2 Å². The van der Waals surface area contributed by atoms with Crippen molar-refractivity contribution in [2.24, 2.45) is 0 Å². The SMILES string of the molecule is CCCN1CC[C@]23c4c5ccc(O)c4O[C@H]2c2nc4ccccc4cc2C[C@@]3(O)[C@H]1C5. The maximum absolute atomic E-state index is 12.6. The maximum Gasteiger partial charge on any atom is 0.166 e. The van der Waals surface area contributed by atoms with Crippen LogP contribution in [-0.2, 0) is 18.3 Å².